The minimum Gasteiger partial charge on any atom is -0.370 e. The van der Waals surface area contributed by atoms with Crippen LogP contribution in [0.15, 0.2) is 48.5 Å². The molecule has 0 radical (unpaired) electrons. The summed E-state index contributed by atoms with van der Waals surface area (Å²) in [6.45, 7) is 5.81. The maximum absolute atomic E-state index is 11.3. The third kappa shape index (κ3) is 3.24. The number of carbonyl (C=O) groups excluding carboxylic acids is 1. The fraction of sp³-hybridized carbons (Fsp3) is 0.480. The molecule has 1 atom stereocenters. The van der Waals surface area contributed by atoms with E-state index in [9.17, 15) is 4.79 Å². The summed E-state index contributed by atoms with van der Waals surface area (Å²) in [6.07, 6.45) is 6.41. The Morgan fingerprint density at radius 2 is 1.83 bits per heavy atom. The second-order valence-electron chi connectivity index (χ2n) is 9.28. The summed E-state index contributed by atoms with van der Waals surface area (Å²) in [5.74, 6) is -0.358. The predicted molar refractivity (Wildman–Crippen MR) is 117 cm³/mol. The number of amides is 1. The Kier molecular flexibility index (Phi) is 4.62. The predicted octanol–water partition coefficient (Wildman–Crippen LogP) is 4.15. The van der Waals surface area contributed by atoms with Gasteiger partial charge in [-0.1, -0.05) is 31.2 Å². The number of benzene rings is 2. The molecule has 0 unspecified atom stereocenters. The monoisotopic (exact) mass is 389 g/mol. The van der Waals surface area contributed by atoms with Gasteiger partial charge in [-0.05, 0) is 74.0 Å². The first-order valence-electron chi connectivity index (χ1n) is 11.1. The van der Waals surface area contributed by atoms with Gasteiger partial charge < -0.3 is 10.6 Å². The van der Waals surface area contributed by atoms with E-state index in [0.29, 0.717) is 17.0 Å². The van der Waals surface area contributed by atoms with E-state index in [1.54, 1.807) is 5.56 Å². The highest BCUT2D eigenvalue weighted by atomic mass is 16.1. The van der Waals surface area contributed by atoms with Crippen LogP contribution in [-0.2, 0) is 6.42 Å². The lowest BCUT2D eigenvalue weighted by atomic mass is 9.60. The van der Waals surface area contributed by atoms with Gasteiger partial charge in [0.1, 0.15) is 0 Å². The van der Waals surface area contributed by atoms with Crippen molar-refractivity contribution >= 4 is 11.6 Å². The van der Waals surface area contributed by atoms with E-state index in [-0.39, 0.29) is 5.91 Å². The van der Waals surface area contributed by atoms with Gasteiger partial charge in [-0.2, -0.15) is 0 Å². The molecule has 2 aliphatic heterocycles. The average Bonchev–Trinajstić information content (AvgIpc) is 3.15. The molecule has 1 spiro atoms. The normalized spacial score (nSPS) is 23.8. The number of rotatable bonds is 5. The SMILES string of the molecule is CCc1ccccc1[C@@H]1CCCN1C1CC2(C1)CN(c1ccc(C(N)=O)cc1)C2. The molecule has 1 saturated carbocycles. The van der Waals surface area contributed by atoms with Gasteiger partial charge in [0, 0.05) is 41.8 Å². The van der Waals surface area contributed by atoms with Gasteiger partial charge in [0.25, 0.3) is 0 Å². The zero-order valence-electron chi connectivity index (χ0n) is 17.3. The van der Waals surface area contributed by atoms with E-state index < -0.39 is 0 Å². The molecular weight excluding hydrogens is 358 g/mol. The Morgan fingerprint density at radius 1 is 1.10 bits per heavy atom. The largest absolute Gasteiger partial charge is 0.370 e. The van der Waals surface area contributed by atoms with Crippen LogP contribution in [0, 0.1) is 5.41 Å². The fourth-order valence-corrected chi connectivity index (χ4v) is 5.96. The van der Waals surface area contributed by atoms with Gasteiger partial charge in [0.05, 0.1) is 0 Å². The van der Waals surface area contributed by atoms with Crippen molar-refractivity contribution in [3.05, 3.63) is 65.2 Å². The number of aryl methyl sites for hydroxylation is 1. The second-order valence-corrected chi connectivity index (χ2v) is 9.28. The van der Waals surface area contributed by atoms with E-state index in [0.717, 1.165) is 25.6 Å². The molecule has 152 valence electrons. The minimum absolute atomic E-state index is 0.358. The lowest BCUT2D eigenvalue weighted by Gasteiger charge is -2.62. The molecule has 2 heterocycles. The molecule has 2 aromatic carbocycles. The van der Waals surface area contributed by atoms with E-state index >= 15 is 0 Å². The molecule has 5 rings (SSSR count). The van der Waals surface area contributed by atoms with Crippen molar-refractivity contribution in [1.29, 1.82) is 0 Å². The molecule has 0 aromatic heterocycles. The van der Waals surface area contributed by atoms with Crippen molar-refractivity contribution in [2.24, 2.45) is 11.1 Å². The Morgan fingerprint density at radius 3 is 2.52 bits per heavy atom. The summed E-state index contributed by atoms with van der Waals surface area (Å²) >= 11 is 0. The summed E-state index contributed by atoms with van der Waals surface area (Å²) in [7, 11) is 0. The van der Waals surface area contributed by atoms with Gasteiger partial charge >= 0.3 is 0 Å². The van der Waals surface area contributed by atoms with Crippen LogP contribution in [0.25, 0.3) is 0 Å². The number of hydrogen-bond acceptors (Lipinski definition) is 3. The number of hydrogen-bond donors (Lipinski definition) is 1. The van der Waals surface area contributed by atoms with Crippen molar-refractivity contribution in [2.75, 3.05) is 24.5 Å². The zero-order chi connectivity index (χ0) is 20.0. The minimum atomic E-state index is -0.358. The maximum atomic E-state index is 11.3. The van der Waals surface area contributed by atoms with E-state index in [2.05, 4.69) is 41.0 Å². The molecule has 1 amide bonds. The smallest absolute Gasteiger partial charge is 0.248 e. The molecule has 2 N–H and O–H groups in total. The van der Waals surface area contributed by atoms with Crippen molar-refractivity contribution < 1.29 is 4.79 Å². The van der Waals surface area contributed by atoms with Gasteiger partial charge in [0.2, 0.25) is 5.91 Å². The van der Waals surface area contributed by atoms with Gasteiger partial charge in [-0.3, -0.25) is 9.69 Å². The van der Waals surface area contributed by atoms with Crippen LogP contribution < -0.4 is 10.6 Å². The van der Waals surface area contributed by atoms with E-state index in [1.165, 1.54) is 43.5 Å². The average molecular weight is 390 g/mol. The molecule has 3 aliphatic rings. The first-order valence-corrected chi connectivity index (χ1v) is 11.1. The molecule has 0 bridgehead atoms. The van der Waals surface area contributed by atoms with E-state index in [4.69, 9.17) is 5.73 Å². The van der Waals surface area contributed by atoms with Crippen molar-refractivity contribution in [1.82, 2.24) is 4.90 Å². The Hall–Kier alpha value is -2.33. The summed E-state index contributed by atoms with van der Waals surface area (Å²) in [5.41, 5.74) is 10.7. The summed E-state index contributed by atoms with van der Waals surface area (Å²) < 4.78 is 0. The lowest BCUT2D eigenvalue weighted by Crippen LogP contribution is -2.66. The van der Waals surface area contributed by atoms with Crippen LogP contribution in [0.5, 0.6) is 0 Å². The highest BCUT2D eigenvalue weighted by molar-refractivity contribution is 5.93. The first kappa shape index (κ1) is 18.7. The van der Waals surface area contributed by atoms with E-state index in [1.807, 2.05) is 24.3 Å². The lowest BCUT2D eigenvalue weighted by molar-refractivity contribution is -0.0256. The fourth-order valence-electron chi connectivity index (χ4n) is 5.96. The molecule has 3 fully saturated rings. The first-order chi connectivity index (χ1) is 14.1. The topological polar surface area (TPSA) is 49.6 Å². The Balaban J connectivity index is 1.21. The number of likely N-dealkylation sites (tertiary alicyclic amines) is 1. The quantitative estimate of drug-likeness (QED) is 0.836. The van der Waals surface area contributed by atoms with Crippen LogP contribution in [0.4, 0.5) is 5.69 Å². The summed E-state index contributed by atoms with van der Waals surface area (Å²) in [4.78, 5) is 16.5. The summed E-state index contributed by atoms with van der Waals surface area (Å²) in [6, 6.07) is 18.1. The molecule has 29 heavy (non-hydrogen) atoms. The third-order valence-electron chi connectivity index (χ3n) is 7.47. The molecule has 2 saturated heterocycles. The standard InChI is InChI=1S/C25H31N3O/c1-2-18-6-3-4-7-22(18)23-8-5-13-28(23)21-14-25(15-21)16-27(17-25)20-11-9-19(10-12-20)24(26)29/h3-4,6-7,9-12,21,23H,2,5,8,13-17H2,1H3,(H2,26,29)/t23-/m0/s1. The van der Waals surface area contributed by atoms with Gasteiger partial charge in [-0.25, -0.2) is 0 Å². The van der Waals surface area contributed by atoms with Crippen molar-refractivity contribution in [3.63, 3.8) is 0 Å². The summed E-state index contributed by atoms with van der Waals surface area (Å²) in [5, 5.41) is 0. The molecule has 2 aromatic rings. The van der Waals surface area contributed by atoms with Crippen LogP contribution in [0.3, 0.4) is 0 Å². The number of nitrogens with zero attached hydrogens (tertiary/aromatic N) is 2. The Labute approximate surface area is 173 Å². The van der Waals surface area contributed by atoms with Crippen LogP contribution in [0.1, 0.15) is 60.1 Å². The number of anilines is 1. The number of nitrogens with two attached hydrogens (primary N) is 1. The van der Waals surface area contributed by atoms with Crippen LogP contribution in [-0.4, -0.2) is 36.5 Å². The zero-order valence-corrected chi connectivity index (χ0v) is 17.3. The van der Waals surface area contributed by atoms with Crippen LogP contribution in [0.2, 0.25) is 0 Å². The Bertz CT molecular complexity index is 893. The maximum Gasteiger partial charge on any atom is 0.248 e. The molecule has 1 aliphatic carbocycles. The van der Waals surface area contributed by atoms with Crippen molar-refractivity contribution in [3.8, 4) is 0 Å². The van der Waals surface area contributed by atoms with Crippen molar-refractivity contribution in [2.45, 2.75) is 51.1 Å². The number of carbonyl (C=O) groups is 1. The highest BCUT2D eigenvalue weighted by Crippen LogP contribution is 2.54. The van der Waals surface area contributed by atoms with Gasteiger partial charge in [0.15, 0.2) is 0 Å². The number of primary amides is 1. The molecular formula is C25H31N3O. The van der Waals surface area contributed by atoms with Gasteiger partial charge in [-0.15, -0.1) is 0 Å². The molecule has 4 nitrogen and oxygen atoms in total. The van der Waals surface area contributed by atoms with Crippen LogP contribution >= 0.6 is 0 Å². The molecule has 4 heteroatoms. The highest BCUT2D eigenvalue weighted by Gasteiger charge is 2.55. The second kappa shape index (κ2) is 7.17. The third-order valence-corrected chi connectivity index (χ3v) is 7.47.